The predicted molar refractivity (Wildman–Crippen MR) is 133 cm³/mol. The Balaban J connectivity index is 0.000000270. The first-order valence-electron chi connectivity index (χ1n) is 11.1. The second kappa shape index (κ2) is 10.6. The lowest BCUT2D eigenvalue weighted by Gasteiger charge is -2.05. The average Bonchev–Trinajstić information content (AvgIpc) is 3.19. The van der Waals surface area contributed by atoms with E-state index in [0.29, 0.717) is 30.1 Å². The summed E-state index contributed by atoms with van der Waals surface area (Å²) in [6, 6.07) is 5.03. The maximum absolute atomic E-state index is 12.5. The first kappa shape index (κ1) is 24.8. The number of hydrogen-bond acceptors (Lipinski definition) is 8. The Hall–Kier alpha value is -5.27. The molecule has 5 heterocycles. The number of rotatable bonds is 4. The number of imidazole rings is 1. The first-order chi connectivity index (χ1) is 17.7. The number of nitrogens with one attached hydrogen (secondary N) is 3. The van der Waals surface area contributed by atoms with Crippen molar-refractivity contribution < 1.29 is 24.3 Å². The van der Waals surface area contributed by atoms with Crippen molar-refractivity contribution in [1.29, 1.82) is 0 Å². The number of nitrogens with two attached hydrogens (primary N) is 1. The van der Waals surface area contributed by atoms with Gasteiger partial charge < -0.3 is 35.9 Å². The maximum atomic E-state index is 12.5. The molecule has 0 saturated carbocycles. The number of nitrogens with zero attached hydrogens (tertiary/aromatic N) is 5. The van der Waals surface area contributed by atoms with Gasteiger partial charge in [-0.2, -0.15) is 0 Å². The molecule has 0 unspecified atom stereocenters. The number of carbonyl (C=O) groups is 4. The molecule has 0 spiro atoms. The minimum atomic E-state index is -1.19. The SMILES string of the molecule is Cn1cc(NC(=O)c2ccc3cc4n(c3n2)CCCNC4=O)nc1C(=O)O.NC(=O)C1=CN=CC=CN1. The number of aromatic carboxylic acids is 1. The van der Waals surface area contributed by atoms with E-state index >= 15 is 0 Å². The molecule has 190 valence electrons. The van der Waals surface area contributed by atoms with E-state index < -0.39 is 17.8 Å². The number of fused-ring (bicyclic) bond motifs is 3. The molecular weight excluding hydrogens is 482 g/mol. The van der Waals surface area contributed by atoms with Crippen LogP contribution in [0.15, 0.2) is 53.6 Å². The lowest BCUT2D eigenvalue weighted by molar-refractivity contribution is -0.114. The molecule has 3 aromatic rings. The molecule has 0 bridgehead atoms. The van der Waals surface area contributed by atoms with Crippen LogP contribution in [0.2, 0.25) is 0 Å². The van der Waals surface area contributed by atoms with Crippen LogP contribution in [-0.4, -0.2) is 60.7 Å². The minimum Gasteiger partial charge on any atom is -0.475 e. The highest BCUT2D eigenvalue weighted by molar-refractivity contribution is 6.04. The number of carboxylic acid groups (broad SMARTS) is 1. The summed E-state index contributed by atoms with van der Waals surface area (Å²) < 4.78 is 3.11. The van der Waals surface area contributed by atoms with E-state index in [9.17, 15) is 19.2 Å². The van der Waals surface area contributed by atoms with E-state index in [2.05, 4.69) is 30.9 Å². The highest BCUT2D eigenvalue weighted by Crippen LogP contribution is 2.21. The van der Waals surface area contributed by atoms with Crippen molar-refractivity contribution >= 4 is 46.8 Å². The molecule has 2 aliphatic heterocycles. The van der Waals surface area contributed by atoms with Crippen LogP contribution in [0.4, 0.5) is 5.82 Å². The van der Waals surface area contributed by atoms with E-state index in [1.165, 1.54) is 24.0 Å². The van der Waals surface area contributed by atoms with Gasteiger partial charge >= 0.3 is 5.97 Å². The number of pyridine rings is 1. The van der Waals surface area contributed by atoms with Crippen LogP contribution < -0.4 is 21.7 Å². The van der Waals surface area contributed by atoms with Crippen LogP contribution in [-0.2, 0) is 18.4 Å². The van der Waals surface area contributed by atoms with Crippen molar-refractivity contribution in [3.05, 3.63) is 65.8 Å². The van der Waals surface area contributed by atoms with Crippen LogP contribution in [0.5, 0.6) is 0 Å². The number of aliphatic imine (C=N–C) groups is 1. The molecule has 3 amide bonds. The van der Waals surface area contributed by atoms with Crippen molar-refractivity contribution in [3.63, 3.8) is 0 Å². The second-order valence-corrected chi connectivity index (χ2v) is 7.93. The van der Waals surface area contributed by atoms with Crippen molar-refractivity contribution in [3.8, 4) is 0 Å². The number of allylic oxidation sites excluding steroid dienone is 1. The number of primary amides is 1. The smallest absolute Gasteiger partial charge is 0.372 e. The Labute approximate surface area is 209 Å². The number of hydrogen-bond donors (Lipinski definition) is 5. The maximum Gasteiger partial charge on any atom is 0.372 e. The molecule has 0 saturated heterocycles. The Bertz CT molecular complexity index is 1500. The number of aromatic nitrogens is 4. The zero-order valence-electron chi connectivity index (χ0n) is 19.6. The van der Waals surface area contributed by atoms with Crippen molar-refractivity contribution in [2.24, 2.45) is 17.8 Å². The van der Waals surface area contributed by atoms with Crippen molar-refractivity contribution in [2.75, 3.05) is 11.9 Å². The van der Waals surface area contributed by atoms with E-state index in [1.54, 1.807) is 41.3 Å². The molecule has 14 heteroatoms. The average molecular weight is 505 g/mol. The quantitative estimate of drug-likeness (QED) is 0.334. The Morgan fingerprint density at radius 3 is 2.76 bits per heavy atom. The van der Waals surface area contributed by atoms with Crippen LogP contribution in [0.1, 0.15) is 38.0 Å². The Morgan fingerprint density at radius 2 is 2.03 bits per heavy atom. The number of anilines is 1. The molecule has 3 aromatic heterocycles. The summed E-state index contributed by atoms with van der Waals surface area (Å²) in [5.74, 6) is -2.44. The summed E-state index contributed by atoms with van der Waals surface area (Å²) in [7, 11) is 1.53. The zero-order chi connectivity index (χ0) is 26.5. The monoisotopic (exact) mass is 505 g/mol. The molecular formula is C23H23N9O5. The van der Waals surface area contributed by atoms with Crippen LogP contribution in [0, 0.1) is 0 Å². The topological polar surface area (TPSA) is 199 Å². The molecule has 0 aliphatic carbocycles. The summed E-state index contributed by atoms with van der Waals surface area (Å²) in [4.78, 5) is 58.2. The summed E-state index contributed by atoms with van der Waals surface area (Å²) in [5, 5.41) is 17.8. The lowest BCUT2D eigenvalue weighted by Crippen LogP contribution is -2.22. The van der Waals surface area contributed by atoms with E-state index in [4.69, 9.17) is 10.8 Å². The molecule has 0 radical (unpaired) electrons. The number of carbonyl (C=O) groups excluding carboxylic acids is 3. The minimum absolute atomic E-state index is 0.121. The standard InChI is InChI=1S/C17H16N6O4.C6H7N3O/c1-22-8-12(20-14(22)17(26)27)21-15(24)10-4-3-9-7-11-16(25)18-5-2-6-23(11)13(9)19-10;7-6(10)5-4-8-2-1-3-9-5/h3-4,7-8H,2,5-6H2,1H3,(H,18,25)(H,21,24)(H,26,27);1-4,9H,(H2,7,10). The van der Waals surface area contributed by atoms with Crippen LogP contribution in [0.3, 0.4) is 0 Å². The third kappa shape index (κ3) is 5.53. The van der Waals surface area contributed by atoms with Crippen LogP contribution >= 0.6 is 0 Å². The molecule has 2 aliphatic rings. The lowest BCUT2D eigenvalue weighted by atomic mass is 10.2. The van der Waals surface area contributed by atoms with Gasteiger partial charge in [0.2, 0.25) is 5.82 Å². The predicted octanol–water partition coefficient (Wildman–Crippen LogP) is 0.355. The van der Waals surface area contributed by atoms with E-state index in [-0.39, 0.29) is 23.2 Å². The summed E-state index contributed by atoms with van der Waals surface area (Å²) in [6.07, 6.45) is 8.38. The molecule has 6 N–H and O–H groups in total. The fraction of sp³-hybridized carbons (Fsp3) is 0.174. The van der Waals surface area contributed by atoms with E-state index in [0.717, 1.165) is 11.8 Å². The van der Waals surface area contributed by atoms with Gasteiger partial charge in [0.25, 0.3) is 17.7 Å². The molecule has 0 atom stereocenters. The fourth-order valence-corrected chi connectivity index (χ4v) is 3.62. The van der Waals surface area contributed by atoms with Gasteiger partial charge in [0.05, 0.1) is 6.20 Å². The first-order valence-corrected chi connectivity index (χ1v) is 11.1. The largest absolute Gasteiger partial charge is 0.475 e. The number of amides is 3. The van der Waals surface area contributed by atoms with Gasteiger partial charge in [-0.15, -0.1) is 0 Å². The Kier molecular flexibility index (Phi) is 7.09. The molecule has 37 heavy (non-hydrogen) atoms. The van der Waals surface area contributed by atoms with Gasteiger partial charge in [-0.25, -0.2) is 14.8 Å². The van der Waals surface area contributed by atoms with Gasteiger partial charge in [0.1, 0.15) is 22.7 Å². The van der Waals surface area contributed by atoms with Crippen molar-refractivity contribution in [2.45, 2.75) is 13.0 Å². The van der Waals surface area contributed by atoms with Gasteiger partial charge in [0.15, 0.2) is 5.82 Å². The molecule has 0 aromatic carbocycles. The normalized spacial score (nSPS) is 14.2. The fourth-order valence-electron chi connectivity index (χ4n) is 3.62. The third-order valence-electron chi connectivity index (χ3n) is 5.34. The van der Waals surface area contributed by atoms with Crippen molar-refractivity contribution in [1.82, 2.24) is 29.7 Å². The third-order valence-corrected chi connectivity index (χ3v) is 5.34. The number of aryl methyl sites for hydroxylation is 2. The molecule has 14 nitrogen and oxygen atoms in total. The second-order valence-electron chi connectivity index (χ2n) is 7.93. The van der Waals surface area contributed by atoms with Crippen LogP contribution in [0.25, 0.3) is 11.0 Å². The Morgan fingerprint density at radius 1 is 1.22 bits per heavy atom. The van der Waals surface area contributed by atoms with Gasteiger partial charge in [-0.05, 0) is 30.7 Å². The molecule has 0 fully saturated rings. The summed E-state index contributed by atoms with van der Waals surface area (Å²) in [5.41, 5.74) is 6.48. The summed E-state index contributed by atoms with van der Waals surface area (Å²) >= 11 is 0. The highest BCUT2D eigenvalue weighted by Gasteiger charge is 2.21. The zero-order valence-corrected chi connectivity index (χ0v) is 19.6. The number of carboxylic acids is 1. The summed E-state index contributed by atoms with van der Waals surface area (Å²) in [6.45, 7) is 1.21. The highest BCUT2D eigenvalue weighted by atomic mass is 16.4. The van der Waals surface area contributed by atoms with E-state index in [1.807, 2.05) is 0 Å². The van der Waals surface area contributed by atoms with Gasteiger partial charge in [0, 0.05) is 44.1 Å². The van der Waals surface area contributed by atoms with Gasteiger partial charge in [-0.3, -0.25) is 19.4 Å². The molecule has 5 rings (SSSR count). The van der Waals surface area contributed by atoms with Gasteiger partial charge in [-0.1, -0.05) is 0 Å².